The lowest BCUT2D eigenvalue weighted by molar-refractivity contribution is -0.143. The smallest absolute Gasteiger partial charge is 0.306 e. The van der Waals surface area contributed by atoms with E-state index in [-0.39, 0.29) is 23.8 Å². The van der Waals surface area contributed by atoms with Crippen LogP contribution in [0.2, 0.25) is 0 Å². The number of nitrogens with one attached hydrogen (secondary N) is 2. The van der Waals surface area contributed by atoms with E-state index in [9.17, 15) is 9.59 Å². The highest BCUT2D eigenvalue weighted by Gasteiger charge is 2.32. The Morgan fingerprint density at radius 2 is 2.21 bits per heavy atom. The van der Waals surface area contributed by atoms with Crippen molar-refractivity contribution in [2.45, 2.75) is 31.7 Å². The molecule has 3 atom stereocenters. The Balaban J connectivity index is 1.69. The zero-order valence-electron chi connectivity index (χ0n) is 11.1. The van der Waals surface area contributed by atoms with E-state index in [0.29, 0.717) is 13.0 Å². The van der Waals surface area contributed by atoms with Crippen LogP contribution in [0.25, 0.3) is 0 Å². The maximum atomic E-state index is 11.8. The third kappa shape index (κ3) is 4.38. The lowest BCUT2D eigenvalue weighted by Gasteiger charge is -2.23. The van der Waals surface area contributed by atoms with Gasteiger partial charge in [0.1, 0.15) is 0 Å². The van der Waals surface area contributed by atoms with Gasteiger partial charge >= 0.3 is 5.97 Å². The van der Waals surface area contributed by atoms with Crippen LogP contribution in [0.5, 0.6) is 0 Å². The number of amides is 1. The standard InChI is InChI=1S/C13H22N2O3S/c16-12(6-10-8-19-5-4-14-10)15-7-9-2-1-3-11(9)13(17)18/h9-11,14H,1-8H2,(H,15,16)(H,17,18). The zero-order valence-corrected chi connectivity index (χ0v) is 11.9. The van der Waals surface area contributed by atoms with E-state index in [2.05, 4.69) is 10.6 Å². The molecule has 1 saturated heterocycles. The number of carbonyl (C=O) groups excluding carboxylic acids is 1. The summed E-state index contributed by atoms with van der Waals surface area (Å²) >= 11 is 1.87. The number of hydrogen-bond acceptors (Lipinski definition) is 4. The van der Waals surface area contributed by atoms with E-state index in [1.165, 1.54) is 0 Å². The fourth-order valence-electron chi connectivity index (χ4n) is 2.90. The van der Waals surface area contributed by atoms with Crippen molar-refractivity contribution in [1.82, 2.24) is 10.6 Å². The molecule has 0 aromatic rings. The van der Waals surface area contributed by atoms with Gasteiger partial charge in [0, 0.05) is 37.1 Å². The van der Waals surface area contributed by atoms with Gasteiger partial charge in [-0.15, -0.1) is 0 Å². The molecule has 1 saturated carbocycles. The molecular weight excluding hydrogens is 264 g/mol. The molecule has 2 fully saturated rings. The normalized spacial score (nSPS) is 31.1. The van der Waals surface area contributed by atoms with Crippen LogP contribution in [0.1, 0.15) is 25.7 Å². The summed E-state index contributed by atoms with van der Waals surface area (Å²) in [5.74, 6) is 1.24. The van der Waals surface area contributed by atoms with Gasteiger partial charge in [-0.2, -0.15) is 11.8 Å². The van der Waals surface area contributed by atoms with E-state index in [1.807, 2.05) is 11.8 Å². The van der Waals surface area contributed by atoms with Crippen LogP contribution < -0.4 is 10.6 Å². The first kappa shape index (κ1) is 14.7. The first-order valence-corrected chi connectivity index (χ1v) is 8.13. The van der Waals surface area contributed by atoms with Gasteiger partial charge in [-0.25, -0.2) is 0 Å². The van der Waals surface area contributed by atoms with Crippen molar-refractivity contribution in [3.63, 3.8) is 0 Å². The van der Waals surface area contributed by atoms with Crippen molar-refractivity contribution in [1.29, 1.82) is 0 Å². The highest BCUT2D eigenvalue weighted by atomic mass is 32.2. The van der Waals surface area contributed by atoms with Crippen molar-refractivity contribution < 1.29 is 14.7 Å². The monoisotopic (exact) mass is 286 g/mol. The SMILES string of the molecule is O=C(CC1CSCCN1)NCC1CCCC1C(=O)O. The van der Waals surface area contributed by atoms with E-state index in [4.69, 9.17) is 5.11 Å². The van der Waals surface area contributed by atoms with Crippen LogP contribution in [-0.2, 0) is 9.59 Å². The van der Waals surface area contributed by atoms with Crippen LogP contribution in [0.4, 0.5) is 0 Å². The molecule has 5 nitrogen and oxygen atoms in total. The Morgan fingerprint density at radius 3 is 2.89 bits per heavy atom. The van der Waals surface area contributed by atoms with Gasteiger partial charge in [0.2, 0.25) is 5.91 Å². The summed E-state index contributed by atoms with van der Waals surface area (Å²) in [7, 11) is 0. The van der Waals surface area contributed by atoms with Gasteiger partial charge < -0.3 is 15.7 Å². The molecule has 0 aromatic heterocycles. The molecule has 3 N–H and O–H groups in total. The molecule has 0 spiro atoms. The van der Waals surface area contributed by atoms with Gasteiger partial charge in [0.25, 0.3) is 0 Å². The molecule has 6 heteroatoms. The van der Waals surface area contributed by atoms with E-state index in [0.717, 1.165) is 37.3 Å². The second-order valence-electron chi connectivity index (χ2n) is 5.37. The quantitative estimate of drug-likeness (QED) is 0.693. The van der Waals surface area contributed by atoms with E-state index in [1.54, 1.807) is 0 Å². The van der Waals surface area contributed by atoms with Crippen LogP contribution in [0, 0.1) is 11.8 Å². The number of carboxylic acid groups (broad SMARTS) is 1. The van der Waals surface area contributed by atoms with Gasteiger partial charge in [0.15, 0.2) is 0 Å². The third-order valence-corrected chi connectivity index (χ3v) is 5.10. The van der Waals surface area contributed by atoms with Crippen molar-refractivity contribution in [3.8, 4) is 0 Å². The summed E-state index contributed by atoms with van der Waals surface area (Å²) in [4.78, 5) is 22.9. The minimum Gasteiger partial charge on any atom is -0.481 e. The Kier molecular flexibility index (Phi) is 5.51. The van der Waals surface area contributed by atoms with Crippen molar-refractivity contribution >= 4 is 23.6 Å². The van der Waals surface area contributed by atoms with Crippen LogP contribution >= 0.6 is 11.8 Å². The fraction of sp³-hybridized carbons (Fsp3) is 0.846. The number of rotatable bonds is 5. The Bertz CT molecular complexity index is 332. The molecule has 1 aliphatic carbocycles. The molecule has 1 amide bonds. The van der Waals surface area contributed by atoms with Gasteiger partial charge in [-0.05, 0) is 18.8 Å². The topological polar surface area (TPSA) is 78.4 Å². The molecule has 3 unspecified atom stereocenters. The predicted molar refractivity (Wildman–Crippen MR) is 75.2 cm³/mol. The molecule has 0 aromatic carbocycles. The fourth-order valence-corrected chi connectivity index (χ4v) is 3.85. The van der Waals surface area contributed by atoms with E-state index < -0.39 is 5.97 Å². The Morgan fingerprint density at radius 1 is 1.37 bits per heavy atom. The molecule has 19 heavy (non-hydrogen) atoms. The number of thioether (sulfide) groups is 1. The molecule has 0 bridgehead atoms. The van der Waals surface area contributed by atoms with E-state index >= 15 is 0 Å². The van der Waals surface area contributed by atoms with Crippen LogP contribution in [0.15, 0.2) is 0 Å². The molecular formula is C13H22N2O3S. The average Bonchev–Trinajstić information content (AvgIpc) is 2.86. The van der Waals surface area contributed by atoms with Crippen LogP contribution in [-0.4, -0.2) is 47.6 Å². The summed E-state index contributed by atoms with van der Waals surface area (Å²) in [5, 5.41) is 15.3. The largest absolute Gasteiger partial charge is 0.481 e. The highest BCUT2D eigenvalue weighted by molar-refractivity contribution is 7.99. The predicted octanol–water partition coefficient (Wildman–Crippen LogP) is 0.699. The summed E-state index contributed by atoms with van der Waals surface area (Å²) in [6, 6.07) is 0.262. The highest BCUT2D eigenvalue weighted by Crippen LogP contribution is 2.31. The zero-order chi connectivity index (χ0) is 13.7. The number of hydrogen-bond donors (Lipinski definition) is 3. The number of carbonyl (C=O) groups is 2. The molecule has 2 rings (SSSR count). The Labute approximate surface area is 117 Å². The maximum absolute atomic E-state index is 11.8. The van der Waals surface area contributed by atoms with Crippen molar-refractivity contribution in [2.75, 3.05) is 24.6 Å². The number of aliphatic carboxylic acids is 1. The minimum atomic E-state index is -0.720. The molecule has 108 valence electrons. The third-order valence-electron chi connectivity index (χ3n) is 3.97. The molecule has 0 radical (unpaired) electrons. The molecule has 1 aliphatic heterocycles. The molecule has 1 heterocycles. The van der Waals surface area contributed by atoms with Crippen molar-refractivity contribution in [3.05, 3.63) is 0 Å². The second kappa shape index (κ2) is 7.14. The number of carboxylic acids is 1. The maximum Gasteiger partial charge on any atom is 0.306 e. The summed E-state index contributed by atoms with van der Waals surface area (Å²) in [6.45, 7) is 1.47. The van der Waals surface area contributed by atoms with Crippen LogP contribution in [0.3, 0.4) is 0 Å². The minimum absolute atomic E-state index is 0.0380. The van der Waals surface area contributed by atoms with Gasteiger partial charge in [-0.1, -0.05) is 6.42 Å². The lowest BCUT2D eigenvalue weighted by Crippen LogP contribution is -2.42. The second-order valence-corrected chi connectivity index (χ2v) is 6.52. The summed E-state index contributed by atoms with van der Waals surface area (Å²) in [5.41, 5.74) is 0. The Hall–Kier alpha value is -0.750. The summed E-state index contributed by atoms with van der Waals surface area (Å²) < 4.78 is 0. The van der Waals surface area contributed by atoms with Gasteiger partial charge in [-0.3, -0.25) is 9.59 Å². The summed E-state index contributed by atoms with van der Waals surface area (Å²) in [6.07, 6.45) is 3.11. The first-order valence-electron chi connectivity index (χ1n) is 6.97. The van der Waals surface area contributed by atoms with Crippen molar-refractivity contribution in [2.24, 2.45) is 11.8 Å². The average molecular weight is 286 g/mol. The first-order chi connectivity index (χ1) is 9.16. The molecule has 2 aliphatic rings. The van der Waals surface area contributed by atoms with Gasteiger partial charge in [0.05, 0.1) is 5.92 Å². The lowest BCUT2D eigenvalue weighted by atomic mass is 9.96.